The number of rotatable bonds is 3. The van der Waals surface area contributed by atoms with Gasteiger partial charge in [0, 0.05) is 24.0 Å². The van der Waals surface area contributed by atoms with Gasteiger partial charge in [0.1, 0.15) is 0 Å². The summed E-state index contributed by atoms with van der Waals surface area (Å²) in [5, 5.41) is 0.815. The molecule has 0 spiro atoms. The summed E-state index contributed by atoms with van der Waals surface area (Å²) < 4.78 is 36.5. The molecule has 1 heterocycles. The van der Waals surface area contributed by atoms with Crippen molar-refractivity contribution in [2.45, 2.75) is 25.1 Å². The maximum atomic E-state index is 12.2. The van der Waals surface area contributed by atoms with Crippen LogP contribution in [0, 0.1) is 0 Å². The Morgan fingerprint density at radius 3 is 2.61 bits per heavy atom. The Morgan fingerprint density at radius 2 is 1.89 bits per heavy atom. The van der Waals surface area contributed by atoms with E-state index in [9.17, 15) is 13.2 Å². The maximum absolute atomic E-state index is 12.2. The van der Waals surface area contributed by atoms with Crippen LogP contribution in [0.1, 0.15) is 24.4 Å². The molecule has 2 nitrogen and oxygen atoms in total. The van der Waals surface area contributed by atoms with Crippen molar-refractivity contribution in [1.29, 1.82) is 0 Å². The minimum absolute atomic E-state index is 0.114. The fraction of sp³-hybridized carbons (Fsp3) is 0.308. The summed E-state index contributed by atoms with van der Waals surface area (Å²) in [6.07, 6.45) is -3.58. The number of hydrogen-bond acceptors (Lipinski definition) is 2. The lowest BCUT2D eigenvalue weighted by molar-refractivity contribution is -0.136. The Morgan fingerprint density at radius 1 is 1.17 bits per heavy atom. The van der Waals surface area contributed by atoms with E-state index in [1.807, 2.05) is 24.3 Å². The molecule has 0 bridgehead atoms. The van der Waals surface area contributed by atoms with Gasteiger partial charge in [0.05, 0.1) is 5.52 Å². The van der Waals surface area contributed by atoms with Gasteiger partial charge in [-0.05, 0) is 24.1 Å². The van der Waals surface area contributed by atoms with E-state index in [1.54, 1.807) is 12.3 Å². The fourth-order valence-electron chi connectivity index (χ4n) is 1.92. The number of aromatic nitrogens is 1. The van der Waals surface area contributed by atoms with Crippen molar-refractivity contribution in [2.24, 2.45) is 5.73 Å². The second kappa shape index (κ2) is 4.94. The zero-order valence-corrected chi connectivity index (χ0v) is 9.61. The predicted octanol–water partition coefficient (Wildman–Crippen LogP) is 3.58. The first kappa shape index (κ1) is 12.8. The van der Waals surface area contributed by atoms with E-state index >= 15 is 0 Å². The van der Waals surface area contributed by atoms with Crippen LogP contribution in [0.4, 0.5) is 13.2 Å². The summed E-state index contributed by atoms with van der Waals surface area (Å²) in [6.45, 7) is 0. The van der Waals surface area contributed by atoms with Crippen molar-refractivity contribution in [3.05, 3.63) is 42.1 Å². The highest BCUT2D eigenvalue weighted by Crippen LogP contribution is 2.29. The molecule has 5 heteroatoms. The minimum atomic E-state index is -4.17. The standard InChI is InChI=1S/C13H13F3N2/c14-13(15,16)7-5-11(17)9-6-8-18-12-4-2-1-3-10(9)12/h1-4,6,8,11H,5,7,17H2/t11-/m1/s1. The van der Waals surface area contributed by atoms with Crippen LogP contribution in [0.2, 0.25) is 0 Å². The molecule has 18 heavy (non-hydrogen) atoms. The minimum Gasteiger partial charge on any atom is -0.324 e. The molecule has 0 radical (unpaired) electrons. The summed E-state index contributed by atoms with van der Waals surface area (Å²) >= 11 is 0. The van der Waals surface area contributed by atoms with E-state index < -0.39 is 18.6 Å². The summed E-state index contributed by atoms with van der Waals surface area (Å²) in [6, 6.07) is 8.35. The maximum Gasteiger partial charge on any atom is 0.389 e. The van der Waals surface area contributed by atoms with E-state index in [0.717, 1.165) is 10.9 Å². The van der Waals surface area contributed by atoms with E-state index in [1.165, 1.54) is 0 Å². The molecule has 0 amide bonds. The fourth-order valence-corrected chi connectivity index (χ4v) is 1.92. The van der Waals surface area contributed by atoms with Crippen molar-refractivity contribution < 1.29 is 13.2 Å². The second-order valence-electron chi connectivity index (χ2n) is 4.18. The summed E-state index contributed by atoms with van der Waals surface area (Å²) in [4.78, 5) is 4.16. The number of fused-ring (bicyclic) bond motifs is 1. The number of para-hydroxylation sites is 1. The van der Waals surface area contributed by atoms with Crippen molar-refractivity contribution in [3.63, 3.8) is 0 Å². The summed E-state index contributed by atoms with van der Waals surface area (Å²) in [7, 11) is 0. The van der Waals surface area contributed by atoms with Crippen LogP contribution < -0.4 is 5.73 Å². The molecular weight excluding hydrogens is 241 g/mol. The second-order valence-corrected chi connectivity index (χ2v) is 4.18. The average Bonchev–Trinajstić information content (AvgIpc) is 2.34. The zero-order chi connectivity index (χ0) is 13.2. The van der Waals surface area contributed by atoms with E-state index in [2.05, 4.69) is 4.98 Å². The first-order valence-electron chi connectivity index (χ1n) is 5.63. The monoisotopic (exact) mass is 254 g/mol. The van der Waals surface area contributed by atoms with Crippen LogP contribution in [0.25, 0.3) is 10.9 Å². The van der Waals surface area contributed by atoms with Crippen LogP contribution in [0.15, 0.2) is 36.5 Å². The first-order chi connectivity index (χ1) is 8.47. The van der Waals surface area contributed by atoms with Gasteiger partial charge < -0.3 is 5.73 Å². The lowest BCUT2D eigenvalue weighted by Gasteiger charge is -2.15. The van der Waals surface area contributed by atoms with Gasteiger partial charge in [-0.3, -0.25) is 4.98 Å². The molecular formula is C13H13F3N2. The van der Waals surface area contributed by atoms with Gasteiger partial charge in [-0.1, -0.05) is 18.2 Å². The topological polar surface area (TPSA) is 38.9 Å². The molecule has 2 aromatic rings. The highest BCUT2D eigenvalue weighted by Gasteiger charge is 2.28. The number of nitrogens with two attached hydrogens (primary N) is 1. The van der Waals surface area contributed by atoms with Crippen LogP contribution in [-0.2, 0) is 0 Å². The van der Waals surface area contributed by atoms with Crippen molar-refractivity contribution in [2.75, 3.05) is 0 Å². The van der Waals surface area contributed by atoms with Crippen molar-refractivity contribution >= 4 is 10.9 Å². The number of benzene rings is 1. The SMILES string of the molecule is N[C@H](CCC(F)(F)F)c1ccnc2ccccc12. The molecule has 0 saturated carbocycles. The van der Waals surface area contributed by atoms with Crippen molar-refractivity contribution in [3.8, 4) is 0 Å². The lowest BCUT2D eigenvalue weighted by Crippen LogP contribution is -2.16. The molecule has 0 aliphatic rings. The highest BCUT2D eigenvalue weighted by atomic mass is 19.4. The van der Waals surface area contributed by atoms with Gasteiger partial charge >= 0.3 is 6.18 Å². The van der Waals surface area contributed by atoms with Gasteiger partial charge in [-0.2, -0.15) is 13.2 Å². The molecule has 96 valence electrons. The van der Waals surface area contributed by atoms with Gasteiger partial charge in [0.15, 0.2) is 0 Å². The number of hydrogen-bond donors (Lipinski definition) is 1. The number of alkyl halides is 3. The average molecular weight is 254 g/mol. The summed E-state index contributed by atoms with van der Waals surface area (Å²) in [5.74, 6) is 0. The number of nitrogens with zero attached hydrogens (tertiary/aromatic N) is 1. The first-order valence-corrected chi connectivity index (χ1v) is 5.63. The Hall–Kier alpha value is -1.62. The molecule has 1 atom stereocenters. The molecule has 2 rings (SSSR count). The van der Waals surface area contributed by atoms with Gasteiger partial charge in [0.2, 0.25) is 0 Å². The van der Waals surface area contributed by atoms with E-state index in [-0.39, 0.29) is 6.42 Å². The molecule has 0 aliphatic carbocycles. The van der Waals surface area contributed by atoms with Crippen molar-refractivity contribution in [1.82, 2.24) is 4.98 Å². The highest BCUT2D eigenvalue weighted by molar-refractivity contribution is 5.82. The van der Waals surface area contributed by atoms with Gasteiger partial charge in [-0.25, -0.2) is 0 Å². The molecule has 1 aromatic heterocycles. The Kier molecular flexibility index (Phi) is 3.52. The Labute approximate surface area is 103 Å². The number of pyridine rings is 1. The molecule has 0 aliphatic heterocycles. The summed E-state index contributed by atoms with van der Waals surface area (Å²) in [5.41, 5.74) is 7.30. The third-order valence-corrected chi connectivity index (χ3v) is 2.82. The largest absolute Gasteiger partial charge is 0.389 e. The molecule has 0 fully saturated rings. The Bertz CT molecular complexity index is 532. The van der Waals surface area contributed by atoms with E-state index in [0.29, 0.717) is 5.56 Å². The quantitative estimate of drug-likeness (QED) is 0.909. The third-order valence-electron chi connectivity index (χ3n) is 2.82. The number of halogens is 3. The van der Waals surface area contributed by atoms with Crippen LogP contribution in [0.3, 0.4) is 0 Å². The Balaban J connectivity index is 2.25. The zero-order valence-electron chi connectivity index (χ0n) is 9.61. The lowest BCUT2D eigenvalue weighted by atomic mass is 9.99. The van der Waals surface area contributed by atoms with Gasteiger partial charge in [0.25, 0.3) is 0 Å². The smallest absolute Gasteiger partial charge is 0.324 e. The molecule has 1 aromatic carbocycles. The third kappa shape index (κ3) is 2.98. The molecule has 0 unspecified atom stereocenters. The normalized spacial score (nSPS) is 13.8. The predicted molar refractivity (Wildman–Crippen MR) is 64.0 cm³/mol. The van der Waals surface area contributed by atoms with E-state index in [4.69, 9.17) is 5.73 Å². The van der Waals surface area contributed by atoms with Crippen LogP contribution >= 0.6 is 0 Å². The van der Waals surface area contributed by atoms with Gasteiger partial charge in [-0.15, -0.1) is 0 Å². The van der Waals surface area contributed by atoms with Crippen LogP contribution in [-0.4, -0.2) is 11.2 Å². The molecule has 2 N–H and O–H groups in total. The van der Waals surface area contributed by atoms with Crippen LogP contribution in [0.5, 0.6) is 0 Å². The molecule has 0 saturated heterocycles.